The molecule has 0 amide bonds. The van der Waals surface area contributed by atoms with Crippen LogP contribution < -0.4 is 18.9 Å². The maximum absolute atomic E-state index is 13.8. The quantitative estimate of drug-likeness (QED) is 0.608. The number of alkyl halides is 1. The Morgan fingerprint density at radius 3 is 2.30 bits per heavy atom. The number of carbonyl (C=O) groups excluding carboxylic acids is 1. The zero-order valence-electron chi connectivity index (χ0n) is 17.7. The average molecular weight is 415 g/mol. The van der Waals surface area contributed by atoms with Crippen LogP contribution in [0.4, 0.5) is 4.39 Å². The molecule has 30 heavy (non-hydrogen) atoms. The Morgan fingerprint density at radius 1 is 1.07 bits per heavy atom. The van der Waals surface area contributed by atoms with Crippen molar-refractivity contribution in [1.29, 1.82) is 0 Å². The van der Waals surface area contributed by atoms with Crippen molar-refractivity contribution in [2.24, 2.45) is 0 Å². The van der Waals surface area contributed by atoms with Gasteiger partial charge in [0, 0.05) is 11.1 Å². The van der Waals surface area contributed by atoms with Gasteiger partial charge in [0.2, 0.25) is 5.75 Å². The SMILES string of the molecule is COc1cc(C(C[18F])OC(=O)c2ccc3c(c2)C=CC(C)(C)O3)cc(OC)c1OC. The standard InChI is InChI=1S/C23H25FO6/c1-23(2)9-8-14-10-15(6-7-17(14)30-23)22(25)29-20(13-24)16-11-18(26-3)21(28-5)19(12-16)27-4/h6-12,20H,13H2,1-5H3/i24-1. The molecule has 7 heteroatoms. The molecule has 0 aliphatic carbocycles. The third-order valence-corrected chi connectivity index (χ3v) is 4.73. The monoisotopic (exact) mass is 415 g/mol. The average Bonchev–Trinajstić information content (AvgIpc) is 2.75. The van der Waals surface area contributed by atoms with E-state index >= 15 is 0 Å². The summed E-state index contributed by atoms with van der Waals surface area (Å²) in [6, 6.07) is 8.09. The van der Waals surface area contributed by atoms with E-state index in [4.69, 9.17) is 23.7 Å². The van der Waals surface area contributed by atoms with Gasteiger partial charge in [-0.15, -0.1) is 0 Å². The lowest BCUT2D eigenvalue weighted by Gasteiger charge is -2.28. The van der Waals surface area contributed by atoms with E-state index in [0.29, 0.717) is 34.1 Å². The van der Waals surface area contributed by atoms with Crippen LogP contribution in [0, 0.1) is 0 Å². The fourth-order valence-corrected chi connectivity index (χ4v) is 3.18. The Balaban J connectivity index is 1.85. The fourth-order valence-electron chi connectivity index (χ4n) is 3.18. The van der Waals surface area contributed by atoms with Crippen LogP contribution in [0.15, 0.2) is 36.4 Å². The number of benzene rings is 2. The largest absolute Gasteiger partial charge is 0.493 e. The smallest absolute Gasteiger partial charge is 0.338 e. The van der Waals surface area contributed by atoms with E-state index in [1.54, 1.807) is 30.3 Å². The van der Waals surface area contributed by atoms with Gasteiger partial charge in [0.05, 0.1) is 26.9 Å². The molecule has 160 valence electrons. The van der Waals surface area contributed by atoms with Crippen molar-refractivity contribution in [3.8, 4) is 23.0 Å². The minimum absolute atomic E-state index is 0.299. The fraction of sp³-hybridized carbons (Fsp3) is 0.348. The number of fused-ring (bicyclic) bond motifs is 1. The predicted molar refractivity (Wildman–Crippen MR) is 110 cm³/mol. The molecule has 1 atom stereocenters. The summed E-state index contributed by atoms with van der Waals surface area (Å²) in [5, 5.41) is 0. The van der Waals surface area contributed by atoms with Crippen LogP contribution in [0.3, 0.4) is 0 Å². The summed E-state index contributed by atoms with van der Waals surface area (Å²) < 4.78 is 41.0. The summed E-state index contributed by atoms with van der Waals surface area (Å²) in [5.41, 5.74) is 1.03. The van der Waals surface area contributed by atoms with Gasteiger partial charge < -0.3 is 23.7 Å². The van der Waals surface area contributed by atoms with Crippen molar-refractivity contribution in [2.45, 2.75) is 25.6 Å². The molecule has 0 bridgehead atoms. The second-order valence-electron chi connectivity index (χ2n) is 7.30. The summed E-state index contributed by atoms with van der Waals surface area (Å²) in [6.07, 6.45) is 2.67. The summed E-state index contributed by atoms with van der Waals surface area (Å²) in [4.78, 5) is 12.7. The van der Waals surface area contributed by atoms with Gasteiger partial charge >= 0.3 is 5.97 Å². The lowest BCUT2D eigenvalue weighted by Crippen LogP contribution is -2.27. The highest BCUT2D eigenvalue weighted by atomic mass is 18.2. The van der Waals surface area contributed by atoms with Crippen molar-refractivity contribution >= 4 is 12.0 Å². The number of methoxy groups -OCH3 is 3. The lowest BCUT2D eigenvalue weighted by molar-refractivity contribution is 0.0233. The normalized spacial score (nSPS) is 14.9. The van der Waals surface area contributed by atoms with Crippen molar-refractivity contribution in [1.82, 2.24) is 0 Å². The molecule has 0 spiro atoms. The summed E-state index contributed by atoms with van der Waals surface area (Å²) >= 11 is 0. The van der Waals surface area contributed by atoms with E-state index in [9.17, 15) is 9.18 Å². The number of hydrogen-bond donors (Lipinski definition) is 0. The molecule has 2 aromatic rings. The van der Waals surface area contributed by atoms with Crippen molar-refractivity contribution in [3.63, 3.8) is 0 Å². The van der Waals surface area contributed by atoms with E-state index in [0.717, 1.165) is 5.56 Å². The van der Waals surface area contributed by atoms with Gasteiger partial charge in [0.15, 0.2) is 17.6 Å². The van der Waals surface area contributed by atoms with E-state index in [1.165, 1.54) is 21.3 Å². The molecule has 0 radical (unpaired) electrons. The molecular formula is C23H25FO6. The molecule has 3 rings (SSSR count). The first-order valence-electron chi connectivity index (χ1n) is 9.41. The van der Waals surface area contributed by atoms with Crippen LogP contribution in [-0.4, -0.2) is 39.6 Å². The first-order valence-corrected chi connectivity index (χ1v) is 9.41. The van der Waals surface area contributed by atoms with Gasteiger partial charge in [0.1, 0.15) is 18.0 Å². The van der Waals surface area contributed by atoms with Crippen LogP contribution >= 0.6 is 0 Å². The zero-order chi connectivity index (χ0) is 21.9. The first kappa shape index (κ1) is 21.5. The predicted octanol–water partition coefficient (Wildman–Crippen LogP) is 4.76. The second kappa shape index (κ2) is 8.65. The van der Waals surface area contributed by atoms with Crippen molar-refractivity contribution < 1.29 is 32.9 Å². The molecule has 1 heterocycles. The number of rotatable bonds is 7. The Kier molecular flexibility index (Phi) is 6.20. The third-order valence-electron chi connectivity index (χ3n) is 4.73. The van der Waals surface area contributed by atoms with Crippen LogP contribution in [-0.2, 0) is 4.74 Å². The minimum Gasteiger partial charge on any atom is -0.493 e. The number of carbonyl (C=O) groups is 1. The molecule has 0 aromatic heterocycles. The maximum atomic E-state index is 13.8. The van der Waals surface area contributed by atoms with Gasteiger partial charge in [-0.25, -0.2) is 9.18 Å². The van der Waals surface area contributed by atoms with E-state index in [-0.39, 0.29) is 0 Å². The molecule has 2 aromatic carbocycles. The molecule has 0 fully saturated rings. The molecule has 1 aliphatic heterocycles. The Hall–Kier alpha value is -3.22. The van der Waals surface area contributed by atoms with Gasteiger partial charge in [-0.3, -0.25) is 0 Å². The van der Waals surface area contributed by atoms with Crippen molar-refractivity contribution in [2.75, 3.05) is 28.0 Å². The number of hydrogen-bond acceptors (Lipinski definition) is 6. The highest BCUT2D eigenvalue weighted by Crippen LogP contribution is 2.40. The number of esters is 1. The second-order valence-corrected chi connectivity index (χ2v) is 7.30. The van der Waals surface area contributed by atoms with Gasteiger partial charge in [-0.1, -0.05) is 6.08 Å². The maximum Gasteiger partial charge on any atom is 0.338 e. The topological polar surface area (TPSA) is 63.2 Å². The van der Waals surface area contributed by atoms with Crippen LogP contribution in [0.1, 0.15) is 41.4 Å². The first-order chi connectivity index (χ1) is 14.3. The molecule has 6 nitrogen and oxygen atoms in total. The lowest BCUT2D eigenvalue weighted by atomic mass is 10.0. The van der Waals surface area contributed by atoms with Gasteiger partial charge in [-0.2, -0.15) is 0 Å². The molecule has 1 unspecified atom stereocenters. The van der Waals surface area contributed by atoms with Crippen LogP contribution in [0.2, 0.25) is 0 Å². The molecular weight excluding hydrogens is 390 g/mol. The summed E-state index contributed by atoms with van der Waals surface area (Å²) in [6.45, 7) is 2.97. The van der Waals surface area contributed by atoms with E-state index in [1.807, 2.05) is 26.0 Å². The molecule has 0 saturated heterocycles. The minimum atomic E-state index is -1.13. The number of halogens is 1. The highest BCUT2D eigenvalue weighted by molar-refractivity contribution is 5.91. The third kappa shape index (κ3) is 4.35. The van der Waals surface area contributed by atoms with Crippen molar-refractivity contribution in [3.05, 3.63) is 53.1 Å². The molecule has 1 aliphatic rings. The Bertz CT molecular complexity index is 941. The summed E-state index contributed by atoms with van der Waals surface area (Å²) in [5.74, 6) is 1.09. The van der Waals surface area contributed by atoms with E-state index in [2.05, 4.69) is 0 Å². The highest BCUT2D eigenvalue weighted by Gasteiger charge is 2.25. The summed E-state index contributed by atoms with van der Waals surface area (Å²) in [7, 11) is 4.39. The molecule has 0 saturated carbocycles. The zero-order valence-corrected chi connectivity index (χ0v) is 17.7. The Labute approximate surface area is 175 Å². The van der Waals surface area contributed by atoms with E-state index < -0.39 is 24.3 Å². The molecule has 0 N–H and O–H groups in total. The number of ether oxygens (including phenoxy) is 5. The van der Waals surface area contributed by atoms with Crippen LogP contribution in [0.25, 0.3) is 6.08 Å². The van der Waals surface area contributed by atoms with Gasteiger partial charge in [0.25, 0.3) is 0 Å². The van der Waals surface area contributed by atoms with Gasteiger partial charge in [-0.05, 0) is 50.3 Å². The van der Waals surface area contributed by atoms with Crippen LogP contribution in [0.5, 0.6) is 23.0 Å². The Morgan fingerprint density at radius 2 is 1.73 bits per heavy atom.